The Morgan fingerprint density at radius 2 is 1.79 bits per heavy atom. The Morgan fingerprint density at radius 1 is 1.17 bits per heavy atom. The fourth-order valence-corrected chi connectivity index (χ4v) is 3.38. The van der Waals surface area contributed by atoms with E-state index in [0.717, 1.165) is 11.1 Å². The second-order valence-corrected chi connectivity index (χ2v) is 7.01. The van der Waals surface area contributed by atoms with Crippen molar-refractivity contribution >= 4 is 15.9 Å². The van der Waals surface area contributed by atoms with Crippen molar-refractivity contribution in [2.24, 2.45) is 4.40 Å². The van der Waals surface area contributed by atoms with E-state index in [-0.39, 0.29) is 16.7 Å². The molecule has 2 rings (SSSR count). The third-order valence-corrected chi connectivity index (χ3v) is 4.93. The summed E-state index contributed by atoms with van der Waals surface area (Å²) in [5, 5.41) is 0. The topological polar surface area (TPSA) is 55.7 Å². The summed E-state index contributed by atoms with van der Waals surface area (Å²) in [7, 11) is -2.40. The van der Waals surface area contributed by atoms with Gasteiger partial charge in [-0.2, -0.15) is 8.42 Å². The first-order valence-corrected chi connectivity index (χ1v) is 9.03. The number of hydrogen-bond acceptors (Lipinski definition) is 3. The van der Waals surface area contributed by atoms with E-state index in [1.165, 1.54) is 7.11 Å². The van der Waals surface area contributed by atoms with Gasteiger partial charge < -0.3 is 4.74 Å². The van der Waals surface area contributed by atoms with Crippen molar-refractivity contribution in [3.05, 3.63) is 78.4 Å². The average Bonchev–Trinajstić information content (AvgIpc) is 2.59. The molecule has 0 saturated heterocycles. The van der Waals surface area contributed by atoms with E-state index < -0.39 is 10.0 Å². The molecule has 0 bridgehead atoms. The Balaban J connectivity index is 2.45. The first-order chi connectivity index (χ1) is 11.5. The van der Waals surface area contributed by atoms with Gasteiger partial charge in [-0.1, -0.05) is 54.1 Å². The Kier molecular flexibility index (Phi) is 5.93. The molecular formula is C19H21NO3S. The van der Waals surface area contributed by atoms with Crippen molar-refractivity contribution in [3.63, 3.8) is 0 Å². The molecule has 1 unspecified atom stereocenters. The zero-order chi connectivity index (χ0) is 17.6. The first-order valence-electron chi connectivity index (χ1n) is 7.59. The lowest BCUT2D eigenvalue weighted by atomic mass is 9.95. The molecule has 0 aromatic heterocycles. The summed E-state index contributed by atoms with van der Waals surface area (Å²) in [6.45, 7) is 5.65. The fourth-order valence-electron chi connectivity index (χ4n) is 2.36. The van der Waals surface area contributed by atoms with E-state index in [9.17, 15) is 8.42 Å². The van der Waals surface area contributed by atoms with Crippen LogP contribution in [-0.4, -0.2) is 21.4 Å². The van der Waals surface area contributed by atoms with Crippen molar-refractivity contribution in [3.8, 4) is 0 Å². The number of ether oxygens (including phenoxy) is 1. The van der Waals surface area contributed by atoms with Crippen LogP contribution in [0.5, 0.6) is 0 Å². The van der Waals surface area contributed by atoms with Crippen molar-refractivity contribution in [1.29, 1.82) is 0 Å². The second kappa shape index (κ2) is 7.93. The first kappa shape index (κ1) is 17.9. The van der Waals surface area contributed by atoms with Gasteiger partial charge in [0.2, 0.25) is 5.90 Å². The van der Waals surface area contributed by atoms with Gasteiger partial charge in [0.1, 0.15) is 0 Å². The summed E-state index contributed by atoms with van der Waals surface area (Å²) in [6.07, 6.45) is 2.25. The molecule has 0 saturated carbocycles. The van der Waals surface area contributed by atoms with Crippen LogP contribution >= 0.6 is 0 Å². The highest BCUT2D eigenvalue weighted by Gasteiger charge is 2.22. The lowest BCUT2D eigenvalue weighted by Crippen LogP contribution is -2.16. The number of rotatable bonds is 6. The Hall–Kier alpha value is -2.40. The number of aryl methyl sites for hydroxylation is 1. The van der Waals surface area contributed by atoms with Gasteiger partial charge in [0.25, 0.3) is 10.0 Å². The summed E-state index contributed by atoms with van der Waals surface area (Å²) < 4.78 is 34.4. The van der Waals surface area contributed by atoms with Gasteiger partial charge >= 0.3 is 0 Å². The molecule has 0 radical (unpaired) electrons. The molecule has 0 aliphatic heterocycles. The molecule has 0 heterocycles. The predicted octanol–water partition coefficient (Wildman–Crippen LogP) is 4.09. The van der Waals surface area contributed by atoms with Gasteiger partial charge in [-0.3, -0.25) is 0 Å². The highest BCUT2D eigenvalue weighted by molar-refractivity contribution is 7.90. The monoisotopic (exact) mass is 343 g/mol. The van der Waals surface area contributed by atoms with Gasteiger partial charge in [0.15, 0.2) is 0 Å². The molecule has 0 N–H and O–H groups in total. The summed E-state index contributed by atoms with van der Waals surface area (Å²) >= 11 is 0. The van der Waals surface area contributed by atoms with Crippen LogP contribution in [0.4, 0.5) is 0 Å². The molecule has 0 aliphatic rings. The maximum Gasteiger partial charge on any atom is 0.285 e. The van der Waals surface area contributed by atoms with Crippen LogP contribution in [0, 0.1) is 6.92 Å². The Morgan fingerprint density at radius 3 is 2.33 bits per heavy atom. The third kappa shape index (κ3) is 4.32. The van der Waals surface area contributed by atoms with Crippen LogP contribution in [0.3, 0.4) is 0 Å². The minimum atomic E-state index is -3.83. The minimum absolute atomic E-state index is 0.146. The van der Waals surface area contributed by atoms with Crippen LogP contribution in [0.25, 0.3) is 0 Å². The highest BCUT2D eigenvalue weighted by Crippen LogP contribution is 2.24. The highest BCUT2D eigenvalue weighted by atomic mass is 32.2. The quantitative estimate of drug-likeness (QED) is 0.451. The molecule has 2 aromatic rings. The van der Waals surface area contributed by atoms with Crippen molar-refractivity contribution in [2.45, 2.75) is 24.2 Å². The minimum Gasteiger partial charge on any atom is -0.483 e. The SMILES string of the molecule is C=CCC(/C(=N\S(=O)(=O)c1ccc(C)cc1)OC)c1ccccc1. The van der Waals surface area contributed by atoms with Crippen molar-refractivity contribution < 1.29 is 13.2 Å². The Labute approximate surface area is 143 Å². The summed E-state index contributed by atoms with van der Waals surface area (Å²) in [5.41, 5.74) is 1.91. The summed E-state index contributed by atoms with van der Waals surface area (Å²) in [5.74, 6) is -0.143. The number of methoxy groups -OCH3 is 1. The van der Waals surface area contributed by atoms with Gasteiger partial charge in [-0.05, 0) is 31.0 Å². The van der Waals surface area contributed by atoms with E-state index in [4.69, 9.17) is 4.74 Å². The molecule has 2 aromatic carbocycles. The number of sulfonamides is 1. The summed E-state index contributed by atoms with van der Waals surface area (Å²) in [4.78, 5) is 0.146. The molecule has 0 fully saturated rings. The van der Waals surface area contributed by atoms with Gasteiger partial charge in [-0.15, -0.1) is 11.0 Å². The molecular weight excluding hydrogens is 322 g/mol. The van der Waals surface area contributed by atoms with E-state index in [1.54, 1.807) is 30.3 Å². The van der Waals surface area contributed by atoms with E-state index in [1.807, 2.05) is 37.3 Å². The van der Waals surface area contributed by atoms with Crippen LogP contribution < -0.4 is 0 Å². The lowest BCUT2D eigenvalue weighted by Gasteiger charge is -2.17. The average molecular weight is 343 g/mol. The standard InChI is InChI=1S/C19H21NO3S/c1-4-8-18(16-9-6-5-7-10-16)19(23-3)20-24(21,22)17-13-11-15(2)12-14-17/h4-7,9-14,18H,1,8H2,2-3H3/b20-19+. The molecule has 4 nitrogen and oxygen atoms in total. The fraction of sp³-hybridized carbons (Fsp3) is 0.211. The number of allylic oxidation sites excluding steroid dienone is 1. The smallest absolute Gasteiger partial charge is 0.285 e. The molecule has 0 aliphatic carbocycles. The van der Waals surface area contributed by atoms with E-state index in [2.05, 4.69) is 11.0 Å². The second-order valence-electron chi connectivity index (χ2n) is 5.41. The zero-order valence-electron chi connectivity index (χ0n) is 13.8. The summed E-state index contributed by atoms with van der Waals surface area (Å²) in [6, 6.07) is 16.1. The van der Waals surface area contributed by atoms with Gasteiger partial charge in [0, 0.05) is 0 Å². The van der Waals surface area contributed by atoms with Crippen molar-refractivity contribution in [1.82, 2.24) is 0 Å². The zero-order valence-corrected chi connectivity index (χ0v) is 14.7. The van der Waals surface area contributed by atoms with Crippen LogP contribution in [0.1, 0.15) is 23.5 Å². The van der Waals surface area contributed by atoms with Gasteiger partial charge in [-0.25, -0.2) is 0 Å². The predicted molar refractivity (Wildman–Crippen MR) is 96.8 cm³/mol. The molecule has 0 spiro atoms. The number of nitrogens with zero attached hydrogens (tertiary/aromatic N) is 1. The van der Waals surface area contributed by atoms with E-state index in [0.29, 0.717) is 6.42 Å². The molecule has 126 valence electrons. The molecule has 24 heavy (non-hydrogen) atoms. The van der Waals surface area contributed by atoms with Crippen LogP contribution in [-0.2, 0) is 14.8 Å². The van der Waals surface area contributed by atoms with Crippen LogP contribution in [0.2, 0.25) is 0 Å². The normalized spacial score (nSPS) is 13.3. The number of benzene rings is 2. The van der Waals surface area contributed by atoms with E-state index >= 15 is 0 Å². The maximum absolute atomic E-state index is 12.6. The molecule has 5 heteroatoms. The molecule has 1 atom stereocenters. The van der Waals surface area contributed by atoms with Crippen LogP contribution in [0.15, 0.2) is 76.5 Å². The van der Waals surface area contributed by atoms with Crippen molar-refractivity contribution in [2.75, 3.05) is 7.11 Å². The Bertz CT molecular complexity index is 809. The number of hydrogen-bond donors (Lipinski definition) is 0. The molecule has 0 amide bonds. The largest absolute Gasteiger partial charge is 0.483 e. The lowest BCUT2D eigenvalue weighted by molar-refractivity contribution is 0.382. The van der Waals surface area contributed by atoms with Gasteiger partial charge in [0.05, 0.1) is 17.9 Å². The third-order valence-electron chi connectivity index (χ3n) is 3.64. The maximum atomic E-state index is 12.6.